The molecule has 2 heteroatoms. The molecule has 0 saturated carbocycles. The molecule has 1 aliphatic rings. The van der Waals surface area contributed by atoms with E-state index in [-0.39, 0.29) is 11.9 Å². The first kappa shape index (κ1) is 40.2. The van der Waals surface area contributed by atoms with E-state index in [4.69, 9.17) is 4.74 Å². The molecule has 1 fully saturated rings. The van der Waals surface area contributed by atoms with Gasteiger partial charge in [-0.05, 0) is 25.3 Å². The van der Waals surface area contributed by atoms with Gasteiger partial charge in [-0.25, -0.2) is 0 Å². The lowest BCUT2D eigenvalue weighted by molar-refractivity contribution is -0.157. The first-order chi connectivity index (χ1) is 21.3. The maximum Gasteiger partial charge on any atom is 0.321 e. The van der Waals surface area contributed by atoms with Crippen molar-refractivity contribution in [3.63, 3.8) is 0 Å². The Morgan fingerprint density at radius 3 is 1.00 bits per heavy atom. The minimum absolute atomic E-state index is 0.0228. The van der Waals surface area contributed by atoms with Crippen molar-refractivity contribution < 1.29 is 9.53 Å². The summed E-state index contributed by atoms with van der Waals surface area (Å²) in [5.41, 5.74) is 0. The van der Waals surface area contributed by atoms with Gasteiger partial charge >= 0.3 is 5.97 Å². The third kappa shape index (κ3) is 26.2. The fourth-order valence-electron chi connectivity index (χ4n) is 6.77. The highest BCUT2D eigenvalue weighted by atomic mass is 16.6. The smallest absolute Gasteiger partial charge is 0.321 e. The van der Waals surface area contributed by atoms with Crippen LogP contribution in [0.2, 0.25) is 0 Å². The minimum Gasteiger partial charge on any atom is -0.430 e. The molecule has 1 unspecified atom stereocenters. The molecule has 0 amide bonds. The molecule has 0 spiro atoms. The molecule has 1 saturated heterocycles. The molecular formula is C41H78O2. The zero-order valence-electron chi connectivity index (χ0n) is 29.7. The van der Waals surface area contributed by atoms with Gasteiger partial charge < -0.3 is 4.74 Å². The Hall–Kier alpha value is -0.790. The van der Waals surface area contributed by atoms with Crippen LogP contribution in [0.25, 0.3) is 0 Å². The van der Waals surface area contributed by atoms with Crippen LogP contribution < -0.4 is 0 Å². The van der Waals surface area contributed by atoms with E-state index < -0.39 is 0 Å². The van der Waals surface area contributed by atoms with Crippen molar-refractivity contribution in [2.45, 2.75) is 239 Å². The molecule has 43 heavy (non-hydrogen) atoms. The van der Waals surface area contributed by atoms with Crippen LogP contribution in [-0.4, -0.2) is 5.97 Å². The summed E-state index contributed by atoms with van der Waals surface area (Å²) < 4.78 is 5.39. The van der Waals surface area contributed by atoms with Gasteiger partial charge in [-0.15, -0.1) is 0 Å². The number of ether oxygens (including phenoxy) is 1. The third-order valence-corrected chi connectivity index (χ3v) is 9.85. The number of allylic oxidation sites excluding steroid dienone is 1. The van der Waals surface area contributed by atoms with Crippen LogP contribution in [0.4, 0.5) is 0 Å². The van der Waals surface area contributed by atoms with E-state index in [1.54, 1.807) is 0 Å². The van der Waals surface area contributed by atoms with E-state index >= 15 is 0 Å². The summed E-state index contributed by atoms with van der Waals surface area (Å²) in [5, 5.41) is 0. The maximum atomic E-state index is 12.0. The van der Waals surface area contributed by atoms with Crippen molar-refractivity contribution in [3.8, 4) is 0 Å². The Balaban J connectivity index is 1.81. The summed E-state index contributed by atoms with van der Waals surface area (Å²) in [7, 11) is 0. The summed E-state index contributed by atoms with van der Waals surface area (Å²) in [4.78, 5) is 12.0. The average Bonchev–Trinajstić information content (AvgIpc) is 3.01. The Morgan fingerprint density at radius 1 is 0.419 bits per heavy atom. The summed E-state index contributed by atoms with van der Waals surface area (Å²) in [6.07, 6.45) is 50.6. The number of carbonyl (C=O) groups excluding carboxylic acids is 1. The van der Waals surface area contributed by atoms with Gasteiger partial charge in [0.1, 0.15) is 11.7 Å². The van der Waals surface area contributed by atoms with E-state index in [0.717, 1.165) is 18.6 Å². The van der Waals surface area contributed by atoms with E-state index in [9.17, 15) is 4.79 Å². The monoisotopic (exact) mass is 603 g/mol. The number of hydrogen-bond donors (Lipinski definition) is 0. The van der Waals surface area contributed by atoms with E-state index in [1.807, 2.05) is 0 Å². The van der Waals surface area contributed by atoms with Crippen LogP contribution in [0, 0.1) is 5.92 Å². The van der Waals surface area contributed by atoms with Crippen LogP contribution >= 0.6 is 0 Å². The lowest BCUT2D eigenvalue weighted by Gasteiger charge is -2.28. The van der Waals surface area contributed by atoms with Crippen LogP contribution in [0.3, 0.4) is 0 Å². The van der Waals surface area contributed by atoms with Crippen LogP contribution in [0.1, 0.15) is 239 Å². The second-order valence-corrected chi connectivity index (χ2v) is 14.1. The topological polar surface area (TPSA) is 26.3 Å². The SMILES string of the molecule is CCCCCCCCCCCCCCCCCCC/C=C1\OC(=O)C1CCCCCCCCCCCCCCCCCC. The zero-order valence-corrected chi connectivity index (χ0v) is 29.7. The number of hydrogen-bond acceptors (Lipinski definition) is 2. The van der Waals surface area contributed by atoms with Crippen LogP contribution in [0.5, 0.6) is 0 Å². The fourth-order valence-corrected chi connectivity index (χ4v) is 6.77. The highest BCUT2D eigenvalue weighted by Crippen LogP contribution is 2.32. The predicted molar refractivity (Wildman–Crippen MR) is 191 cm³/mol. The summed E-state index contributed by atoms with van der Waals surface area (Å²) in [6.45, 7) is 4.59. The molecule has 0 aromatic rings. The summed E-state index contributed by atoms with van der Waals surface area (Å²) in [5.74, 6) is 1.09. The molecule has 0 aliphatic carbocycles. The van der Waals surface area contributed by atoms with Crippen molar-refractivity contribution in [2.24, 2.45) is 5.92 Å². The number of esters is 1. The molecule has 1 rings (SSSR count). The molecule has 0 aromatic heterocycles. The molecule has 254 valence electrons. The van der Waals surface area contributed by atoms with E-state index in [2.05, 4.69) is 19.9 Å². The highest BCUT2D eigenvalue weighted by molar-refractivity contribution is 5.82. The largest absolute Gasteiger partial charge is 0.430 e. The van der Waals surface area contributed by atoms with Gasteiger partial charge in [0.25, 0.3) is 0 Å². The Bertz CT molecular complexity index is 609. The molecule has 0 radical (unpaired) electrons. The highest BCUT2D eigenvalue weighted by Gasteiger charge is 2.36. The Morgan fingerprint density at radius 2 is 0.698 bits per heavy atom. The van der Waals surface area contributed by atoms with Gasteiger partial charge in [0, 0.05) is 0 Å². The first-order valence-corrected chi connectivity index (χ1v) is 20.2. The number of cyclic esters (lactones) is 1. The van der Waals surface area contributed by atoms with Crippen molar-refractivity contribution in [1.82, 2.24) is 0 Å². The van der Waals surface area contributed by atoms with Gasteiger partial charge in [-0.3, -0.25) is 4.79 Å². The number of unbranched alkanes of at least 4 members (excludes halogenated alkanes) is 32. The molecule has 0 bridgehead atoms. The van der Waals surface area contributed by atoms with Crippen LogP contribution in [0.15, 0.2) is 11.8 Å². The standard InChI is InChI=1S/C41H78O2/c1-3-5-7-9-11-13-15-17-19-21-22-24-26-28-30-32-34-36-38-40-39(41(42)43-40)37-35-33-31-29-27-25-23-20-18-16-14-12-10-8-6-4-2/h38-39H,3-37H2,1-2H3/b40-38-. The van der Waals surface area contributed by atoms with Crippen molar-refractivity contribution in [2.75, 3.05) is 0 Å². The van der Waals surface area contributed by atoms with Gasteiger partial charge in [0.15, 0.2) is 0 Å². The molecule has 1 heterocycles. The van der Waals surface area contributed by atoms with Crippen molar-refractivity contribution >= 4 is 5.97 Å². The normalized spacial score (nSPS) is 15.7. The van der Waals surface area contributed by atoms with Crippen molar-refractivity contribution in [3.05, 3.63) is 11.8 Å². The third-order valence-electron chi connectivity index (χ3n) is 9.85. The maximum absolute atomic E-state index is 12.0. The fraction of sp³-hybridized carbons (Fsp3) is 0.927. The molecule has 0 N–H and O–H groups in total. The minimum atomic E-state index is 0.0228. The Labute approximate surface area is 271 Å². The first-order valence-electron chi connectivity index (χ1n) is 20.2. The quantitative estimate of drug-likeness (QED) is 0.0533. The average molecular weight is 603 g/mol. The predicted octanol–water partition coefficient (Wildman–Crippen LogP) is 14.7. The van der Waals surface area contributed by atoms with E-state index in [0.29, 0.717) is 0 Å². The van der Waals surface area contributed by atoms with Gasteiger partial charge in [0.05, 0.1) is 0 Å². The second kappa shape index (κ2) is 32.6. The van der Waals surface area contributed by atoms with E-state index in [1.165, 1.54) is 212 Å². The lowest BCUT2D eigenvalue weighted by atomic mass is 9.93. The summed E-state index contributed by atoms with van der Waals surface area (Å²) in [6, 6.07) is 0. The molecule has 2 nitrogen and oxygen atoms in total. The van der Waals surface area contributed by atoms with Crippen LogP contribution in [-0.2, 0) is 9.53 Å². The molecule has 1 aliphatic heterocycles. The number of rotatable bonds is 35. The molecular weight excluding hydrogens is 524 g/mol. The lowest BCUT2D eigenvalue weighted by Crippen LogP contribution is -2.32. The molecule has 0 aromatic carbocycles. The zero-order chi connectivity index (χ0) is 30.9. The number of carbonyl (C=O) groups is 1. The van der Waals surface area contributed by atoms with Gasteiger partial charge in [-0.1, -0.05) is 219 Å². The van der Waals surface area contributed by atoms with Gasteiger partial charge in [0.2, 0.25) is 0 Å². The Kier molecular flexibility index (Phi) is 30.5. The second-order valence-electron chi connectivity index (χ2n) is 14.1. The van der Waals surface area contributed by atoms with Crippen molar-refractivity contribution in [1.29, 1.82) is 0 Å². The molecule has 1 atom stereocenters. The van der Waals surface area contributed by atoms with Gasteiger partial charge in [-0.2, -0.15) is 0 Å². The summed E-state index contributed by atoms with van der Waals surface area (Å²) >= 11 is 0.